The maximum Gasteiger partial charge on any atom is 0.199 e. The van der Waals surface area contributed by atoms with Crippen LogP contribution < -0.4 is 0 Å². The first-order valence-electron chi connectivity index (χ1n) is 5.57. The molecule has 86 valence electrons. The zero-order valence-corrected chi connectivity index (χ0v) is 10.2. The van der Waals surface area contributed by atoms with Crippen LogP contribution in [0.1, 0.15) is 38.2 Å². The lowest BCUT2D eigenvalue weighted by molar-refractivity contribution is 0.748. The van der Waals surface area contributed by atoms with Crippen molar-refractivity contribution < 1.29 is 0 Å². The fourth-order valence-electron chi connectivity index (χ4n) is 1.56. The van der Waals surface area contributed by atoms with E-state index in [0.717, 1.165) is 29.5 Å². The highest BCUT2D eigenvalue weighted by atomic mass is 15.3. The highest BCUT2D eigenvalue weighted by Gasteiger charge is 2.12. The number of hydrogen-bond donors (Lipinski definition) is 1. The molecule has 0 fully saturated rings. The molecule has 1 N–H and O–H groups in total. The lowest BCUT2D eigenvalue weighted by atomic mass is 10.2. The molecule has 0 saturated heterocycles. The number of aryl methyl sites for hydroxylation is 2. The molecule has 16 heavy (non-hydrogen) atoms. The second-order valence-electron chi connectivity index (χ2n) is 4.20. The number of H-pyrrole nitrogens is 1. The average molecular weight is 219 g/mol. The molecular weight excluding hydrogens is 202 g/mol. The van der Waals surface area contributed by atoms with Gasteiger partial charge in [-0.3, -0.25) is 9.78 Å². The maximum absolute atomic E-state index is 4.46. The van der Waals surface area contributed by atoms with Gasteiger partial charge in [0.15, 0.2) is 5.82 Å². The summed E-state index contributed by atoms with van der Waals surface area (Å²) in [7, 11) is 1.92. The van der Waals surface area contributed by atoms with Gasteiger partial charge in [0.05, 0.1) is 5.69 Å². The highest BCUT2D eigenvalue weighted by Crippen LogP contribution is 2.18. The predicted octanol–water partition coefficient (Wildman–Crippen LogP) is 1.89. The van der Waals surface area contributed by atoms with Gasteiger partial charge in [-0.15, -0.1) is 0 Å². The van der Waals surface area contributed by atoms with E-state index in [2.05, 4.69) is 41.1 Å². The third-order valence-corrected chi connectivity index (χ3v) is 2.57. The van der Waals surface area contributed by atoms with Crippen LogP contribution in [0.2, 0.25) is 0 Å². The van der Waals surface area contributed by atoms with Crippen molar-refractivity contribution in [2.45, 2.75) is 33.1 Å². The monoisotopic (exact) mass is 219 g/mol. The van der Waals surface area contributed by atoms with Crippen molar-refractivity contribution in [2.24, 2.45) is 7.05 Å². The number of nitrogens with one attached hydrogen (secondary N) is 1. The summed E-state index contributed by atoms with van der Waals surface area (Å²) in [5.41, 5.74) is 2.02. The van der Waals surface area contributed by atoms with Crippen LogP contribution in [0.15, 0.2) is 6.07 Å². The van der Waals surface area contributed by atoms with Gasteiger partial charge in [0, 0.05) is 13.0 Å². The first-order chi connectivity index (χ1) is 7.61. The van der Waals surface area contributed by atoms with Crippen molar-refractivity contribution in [1.82, 2.24) is 25.0 Å². The van der Waals surface area contributed by atoms with E-state index >= 15 is 0 Å². The normalized spacial score (nSPS) is 11.3. The van der Waals surface area contributed by atoms with E-state index in [0.29, 0.717) is 5.92 Å². The van der Waals surface area contributed by atoms with Crippen molar-refractivity contribution in [2.75, 3.05) is 0 Å². The van der Waals surface area contributed by atoms with Gasteiger partial charge in [-0.2, -0.15) is 10.2 Å². The van der Waals surface area contributed by atoms with Crippen LogP contribution in [0.5, 0.6) is 0 Å². The third-order valence-electron chi connectivity index (χ3n) is 2.57. The third kappa shape index (κ3) is 1.85. The molecule has 2 aromatic rings. The smallest absolute Gasteiger partial charge is 0.199 e. The first kappa shape index (κ1) is 10.9. The summed E-state index contributed by atoms with van der Waals surface area (Å²) in [5.74, 6) is 1.99. The van der Waals surface area contributed by atoms with Crippen molar-refractivity contribution in [3.63, 3.8) is 0 Å². The van der Waals surface area contributed by atoms with Crippen LogP contribution in [0.3, 0.4) is 0 Å². The quantitative estimate of drug-likeness (QED) is 0.857. The van der Waals surface area contributed by atoms with Crippen LogP contribution in [-0.2, 0) is 13.5 Å². The highest BCUT2D eigenvalue weighted by molar-refractivity contribution is 5.49. The Morgan fingerprint density at radius 2 is 2.19 bits per heavy atom. The van der Waals surface area contributed by atoms with Gasteiger partial charge in [0.2, 0.25) is 0 Å². The fraction of sp³-hybridized carbons (Fsp3) is 0.545. The van der Waals surface area contributed by atoms with Gasteiger partial charge in [-0.1, -0.05) is 20.8 Å². The van der Waals surface area contributed by atoms with Crippen LogP contribution >= 0.6 is 0 Å². The Labute approximate surface area is 94.9 Å². The number of aromatic nitrogens is 5. The van der Waals surface area contributed by atoms with Gasteiger partial charge >= 0.3 is 0 Å². The van der Waals surface area contributed by atoms with E-state index in [-0.39, 0.29) is 0 Å². The standard InChI is InChI=1S/C11H17N5/c1-5-8-6-9(16(4)15-8)11-12-10(7(2)3)13-14-11/h6-7H,5H2,1-4H3,(H,12,13,14). The predicted molar refractivity (Wildman–Crippen MR) is 62.1 cm³/mol. The molecule has 0 spiro atoms. The Morgan fingerprint density at radius 1 is 1.44 bits per heavy atom. The summed E-state index contributed by atoms with van der Waals surface area (Å²) in [6.45, 7) is 6.26. The number of nitrogens with zero attached hydrogens (tertiary/aromatic N) is 4. The van der Waals surface area contributed by atoms with Gasteiger partial charge in [-0.05, 0) is 12.5 Å². The Kier molecular flexibility index (Phi) is 2.77. The minimum Gasteiger partial charge on any atom is -0.264 e. The summed E-state index contributed by atoms with van der Waals surface area (Å²) in [6.07, 6.45) is 0.926. The summed E-state index contributed by atoms with van der Waals surface area (Å²) in [6, 6.07) is 2.04. The van der Waals surface area contributed by atoms with Crippen molar-refractivity contribution in [3.05, 3.63) is 17.6 Å². The molecule has 0 aromatic carbocycles. The number of hydrogen-bond acceptors (Lipinski definition) is 3. The van der Waals surface area contributed by atoms with Crippen LogP contribution in [0.25, 0.3) is 11.5 Å². The van der Waals surface area contributed by atoms with E-state index in [1.54, 1.807) is 0 Å². The number of rotatable bonds is 3. The molecule has 0 saturated carbocycles. The molecule has 0 aliphatic carbocycles. The molecule has 0 amide bonds. The van der Waals surface area contributed by atoms with Crippen molar-refractivity contribution in [1.29, 1.82) is 0 Å². The second-order valence-corrected chi connectivity index (χ2v) is 4.20. The van der Waals surface area contributed by atoms with Crippen LogP contribution in [0.4, 0.5) is 0 Å². The van der Waals surface area contributed by atoms with Crippen molar-refractivity contribution >= 4 is 0 Å². The van der Waals surface area contributed by atoms with Gasteiger partial charge < -0.3 is 0 Å². The van der Waals surface area contributed by atoms with Gasteiger partial charge in [0.1, 0.15) is 11.5 Å². The SMILES string of the molecule is CCc1cc(-c2n[nH]c(C(C)C)n2)n(C)n1. The molecule has 0 unspecified atom stereocenters. The molecule has 5 nitrogen and oxygen atoms in total. The second kappa shape index (κ2) is 4.08. The minimum absolute atomic E-state index is 0.361. The van der Waals surface area contributed by atoms with E-state index in [1.807, 2.05) is 17.8 Å². The first-order valence-corrected chi connectivity index (χ1v) is 5.57. The zero-order chi connectivity index (χ0) is 11.7. The Bertz CT molecular complexity index is 480. The van der Waals surface area contributed by atoms with E-state index in [9.17, 15) is 0 Å². The molecule has 0 bridgehead atoms. The summed E-state index contributed by atoms with van der Waals surface area (Å²) in [5, 5.41) is 11.6. The molecule has 2 aromatic heterocycles. The largest absolute Gasteiger partial charge is 0.264 e. The number of aromatic amines is 1. The molecule has 2 rings (SSSR count). The topological polar surface area (TPSA) is 59.4 Å². The van der Waals surface area contributed by atoms with Gasteiger partial charge in [0.25, 0.3) is 0 Å². The van der Waals surface area contributed by atoms with Crippen LogP contribution in [-0.4, -0.2) is 25.0 Å². The molecule has 2 heterocycles. The molecular formula is C11H17N5. The van der Waals surface area contributed by atoms with E-state index in [4.69, 9.17) is 0 Å². The van der Waals surface area contributed by atoms with Crippen LogP contribution in [0, 0.1) is 0 Å². The average Bonchev–Trinajstić information content (AvgIpc) is 2.83. The molecule has 0 aliphatic rings. The Balaban J connectivity index is 2.38. The minimum atomic E-state index is 0.361. The van der Waals surface area contributed by atoms with Crippen molar-refractivity contribution in [3.8, 4) is 11.5 Å². The maximum atomic E-state index is 4.46. The lowest BCUT2D eigenvalue weighted by Gasteiger charge is -1.96. The van der Waals surface area contributed by atoms with Gasteiger partial charge in [-0.25, -0.2) is 4.98 Å². The molecule has 0 aliphatic heterocycles. The zero-order valence-electron chi connectivity index (χ0n) is 10.2. The Hall–Kier alpha value is -1.65. The lowest BCUT2D eigenvalue weighted by Crippen LogP contribution is -1.95. The molecule has 0 radical (unpaired) electrons. The fourth-order valence-corrected chi connectivity index (χ4v) is 1.56. The Morgan fingerprint density at radius 3 is 2.69 bits per heavy atom. The molecule has 0 atom stereocenters. The molecule has 5 heteroatoms. The summed E-state index contributed by atoms with van der Waals surface area (Å²) >= 11 is 0. The van der Waals surface area contributed by atoms with E-state index in [1.165, 1.54) is 0 Å². The summed E-state index contributed by atoms with van der Waals surface area (Å²) in [4.78, 5) is 4.46. The summed E-state index contributed by atoms with van der Waals surface area (Å²) < 4.78 is 1.83. The van der Waals surface area contributed by atoms with E-state index < -0.39 is 0 Å².